The van der Waals surface area contributed by atoms with Gasteiger partial charge in [-0.15, -0.1) is 0 Å². The number of fused-ring (bicyclic) bond motifs is 1. The minimum absolute atomic E-state index is 0.0895. The Balaban J connectivity index is 1.33. The first kappa shape index (κ1) is 20.6. The maximum Gasteiger partial charge on any atom is 0.223 e. The minimum atomic E-state index is -0.0939. The van der Waals surface area contributed by atoms with Gasteiger partial charge < -0.3 is 9.64 Å². The Morgan fingerprint density at radius 2 is 1.80 bits per heavy atom. The molecule has 0 aliphatic carbocycles. The van der Waals surface area contributed by atoms with Crippen molar-refractivity contribution in [3.8, 4) is 5.75 Å². The molecule has 1 saturated heterocycles. The van der Waals surface area contributed by atoms with Crippen LogP contribution < -0.4 is 4.74 Å². The van der Waals surface area contributed by atoms with Crippen molar-refractivity contribution in [3.63, 3.8) is 0 Å². The average Bonchev–Trinajstić information content (AvgIpc) is 2.95. The predicted octanol–water partition coefficient (Wildman–Crippen LogP) is 3.78. The Bertz CT molecular complexity index is 883. The molecule has 2 heterocycles. The lowest BCUT2D eigenvalue weighted by Crippen LogP contribution is -2.43. The van der Waals surface area contributed by atoms with E-state index in [4.69, 9.17) is 4.74 Å². The summed E-state index contributed by atoms with van der Waals surface area (Å²) in [4.78, 5) is 29.9. The number of carbonyl (C=O) groups is 2. The smallest absolute Gasteiger partial charge is 0.223 e. The number of hydrogen-bond acceptors (Lipinski definition) is 4. The zero-order valence-electron chi connectivity index (χ0n) is 17.6. The molecule has 30 heavy (non-hydrogen) atoms. The monoisotopic (exact) mass is 406 g/mol. The van der Waals surface area contributed by atoms with Crippen LogP contribution in [0.15, 0.2) is 54.6 Å². The zero-order chi connectivity index (χ0) is 20.9. The van der Waals surface area contributed by atoms with E-state index < -0.39 is 0 Å². The molecule has 0 bridgehead atoms. The highest BCUT2D eigenvalue weighted by atomic mass is 16.5. The fraction of sp³-hybridized carbons (Fsp3) is 0.440. The number of benzene rings is 2. The van der Waals surface area contributed by atoms with E-state index >= 15 is 0 Å². The van der Waals surface area contributed by atoms with Crippen LogP contribution in [0.3, 0.4) is 0 Å². The van der Waals surface area contributed by atoms with Crippen molar-refractivity contribution in [3.05, 3.63) is 65.7 Å². The summed E-state index contributed by atoms with van der Waals surface area (Å²) in [5.74, 6) is 1.15. The molecule has 4 rings (SSSR count). The van der Waals surface area contributed by atoms with Gasteiger partial charge in [-0.1, -0.05) is 48.5 Å². The molecule has 0 N–H and O–H groups in total. The van der Waals surface area contributed by atoms with E-state index in [-0.39, 0.29) is 23.7 Å². The SMILES string of the molecule is C[C@@H]1CN(CCC(=O)N2CCC[C@@H](C(=O)c3ccccc3)C2)Cc2ccccc2O1. The van der Waals surface area contributed by atoms with Gasteiger partial charge in [0, 0.05) is 56.2 Å². The van der Waals surface area contributed by atoms with Gasteiger partial charge in [0.15, 0.2) is 5.78 Å². The molecule has 5 heteroatoms. The Kier molecular flexibility index (Phi) is 6.48. The first-order valence-electron chi connectivity index (χ1n) is 10.9. The molecule has 1 amide bonds. The average molecular weight is 407 g/mol. The van der Waals surface area contributed by atoms with Gasteiger partial charge in [0.05, 0.1) is 0 Å². The van der Waals surface area contributed by atoms with E-state index in [0.29, 0.717) is 19.5 Å². The number of nitrogens with zero attached hydrogens (tertiary/aromatic N) is 2. The minimum Gasteiger partial charge on any atom is -0.489 e. The van der Waals surface area contributed by atoms with Gasteiger partial charge in [0.2, 0.25) is 5.91 Å². The summed E-state index contributed by atoms with van der Waals surface area (Å²) >= 11 is 0. The summed E-state index contributed by atoms with van der Waals surface area (Å²) in [6, 6.07) is 17.6. The van der Waals surface area contributed by atoms with Crippen molar-refractivity contribution >= 4 is 11.7 Å². The van der Waals surface area contributed by atoms with Gasteiger partial charge in [0.1, 0.15) is 11.9 Å². The molecule has 2 atom stereocenters. The fourth-order valence-corrected chi connectivity index (χ4v) is 4.51. The molecule has 0 spiro atoms. The number of para-hydroxylation sites is 1. The number of rotatable bonds is 5. The van der Waals surface area contributed by atoms with E-state index in [1.54, 1.807) is 0 Å². The van der Waals surface area contributed by atoms with Gasteiger partial charge in [0.25, 0.3) is 0 Å². The van der Waals surface area contributed by atoms with Crippen molar-refractivity contribution in [1.29, 1.82) is 0 Å². The first-order chi connectivity index (χ1) is 14.6. The number of hydrogen-bond donors (Lipinski definition) is 0. The third kappa shape index (κ3) is 4.90. The van der Waals surface area contributed by atoms with E-state index in [2.05, 4.69) is 17.9 Å². The molecule has 158 valence electrons. The van der Waals surface area contributed by atoms with Crippen molar-refractivity contribution in [2.75, 3.05) is 26.2 Å². The van der Waals surface area contributed by atoms with Gasteiger partial charge in [-0.25, -0.2) is 0 Å². The molecule has 0 aromatic heterocycles. The normalized spacial score (nSPS) is 22.0. The maximum atomic E-state index is 12.9. The third-order valence-electron chi connectivity index (χ3n) is 6.06. The molecular formula is C25H30N2O3. The highest BCUT2D eigenvalue weighted by molar-refractivity contribution is 5.98. The van der Waals surface area contributed by atoms with Crippen LogP contribution in [0.1, 0.15) is 42.1 Å². The number of carbonyl (C=O) groups excluding carboxylic acids is 2. The Hall–Kier alpha value is -2.66. The molecule has 2 aliphatic heterocycles. The van der Waals surface area contributed by atoms with Crippen LogP contribution in [0.25, 0.3) is 0 Å². The number of ketones is 1. The third-order valence-corrected chi connectivity index (χ3v) is 6.06. The molecule has 2 aliphatic rings. The predicted molar refractivity (Wildman–Crippen MR) is 117 cm³/mol. The second-order valence-corrected chi connectivity index (χ2v) is 8.43. The topological polar surface area (TPSA) is 49.9 Å². The van der Waals surface area contributed by atoms with Gasteiger partial charge >= 0.3 is 0 Å². The summed E-state index contributed by atoms with van der Waals surface area (Å²) in [5, 5.41) is 0. The van der Waals surface area contributed by atoms with Gasteiger partial charge in [-0.05, 0) is 25.8 Å². The number of amides is 1. The van der Waals surface area contributed by atoms with Crippen LogP contribution in [0.5, 0.6) is 5.75 Å². The highest BCUT2D eigenvalue weighted by Gasteiger charge is 2.29. The number of Topliss-reactive ketones (excluding diaryl/α,β-unsaturated/α-hetero) is 1. The molecule has 1 fully saturated rings. The van der Waals surface area contributed by atoms with Crippen molar-refractivity contribution < 1.29 is 14.3 Å². The number of ether oxygens (including phenoxy) is 1. The summed E-state index contributed by atoms with van der Waals surface area (Å²) in [5.41, 5.74) is 1.91. The second kappa shape index (κ2) is 9.43. The second-order valence-electron chi connectivity index (χ2n) is 8.43. The molecule has 2 aromatic carbocycles. The molecule has 0 saturated carbocycles. The largest absolute Gasteiger partial charge is 0.489 e. The van der Waals surface area contributed by atoms with E-state index in [9.17, 15) is 9.59 Å². The number of likely N-dealkylation sites (tertiary alicyclic amines) is 1. The van der Waals surface area contributed by atoms with Crippen molar-refractivity contribution in [2.45, 2.75) is 38.8 Å². The Morgan fingerprint density at radius 1 is 1.03 bits per heavy atom. The fourth-order valence-electron chi connectivity index (χ4n) is 4.51. The number of piperidine rings is 1. The van der Waals surface area contributed by atoms with Crippen LogP contribution >= 0.6 is 0 Å². The Labute approximate surface area is 178 Å². The summed E-state index contributed by atoms with van der Waals surface area (Å²) in [6.45, 7) is 5.66. The van der Waals surface area contributed by atoms with Crippen LogP contribution in [-0.2, 0) is 11.3 Å². The van der Waals surface area contributed by atoms with Crippen LogP contribution in [0.4, 0.5) is 0 Å². The lowest BCUT2D eigenvalue weighted by atomic mass is 9.90. The zero-order valence-corrected chi connectivity index (χ0v) is 17.6. The maximum absolute atomic E-state index is 12.9. The highest BCUT2D eigenvalue weighted by Crippen LogP contribution is 2.25. The molecule has 0 unspecified atom stereocenters. The first-order valence-corrected chi connectivity index (χ1v) is 10.9. The molecule has 0 radical (unpaired) electrons. The quantitative estimate of drug-likeness (QED) is 0.709. The summed E-state index contributed by atoms with van der Waals surface area (Å²) < 4.78 is 6.02. The lowest BCUT2D eigenvalue weighted by Gasteiger charge is -2.33. The van der Waals surface area contributed by atoms with E-state index in [1.807, 2.05) is 53.4 Å². The molecule has 2 aromatic rings. The van der Waals surface area contributed by atoms with Gasteiger partial charge in [-0.2, -0.15) is 0 Å². The summed E-state index contributed by atoms with van der Waals surface area (Å²) in [7, 11) is 0. The lowest BCUT2D eigenvalue weighted by molar-refractivity contribution is -0.133. The van der Waals surface area contributed by atoms with Gasteiger partial charge in [-0.3, -0.25) is 14.5 Å². The molecular weight excluding hydrogens is 376 g/mol. The molecule has 5 nitrogen and oxygen atoms in total. The van der Waals surface area contributed by atoms with Crippen LogP contribution in [-0.4, -0.2) is 53.8 Å². The van der Waals surface area contributed by atoms with Crippen molar-refractivity contribution in [2.24, 2.45) is 5.92 Å². The Morgan fingerprint density at radius 3 is 2.63 bits per heavy atom. The van der Waals surface area contributed by atoms with Crippen molar-refractivity contribution in [1.82, 2.24) is 9.80 Å². The van der Waals surface area contributed by atoms with Crippen LogP contribution in [0.2, 0.25) is 0 Å². The van der Waals surface area contributed by atoms with Crippen LogP contribution in [0, 0.1) is 5.92 Å². The standard InChI is InChI=1S/C25H30N2O3/c1-19-16-26(17-21-10-5-6-12-23(21)30-19)15-13-24(28)27-14-7-11-22(18-27)25(29)20-8-3-2-4-9-20/h2-6,8-10,12,19,22H,7,11,13-18H2,1H3/t19-,22-/m1/s1. The van der Waals surface area contributed by atoms with E-state index in [0.717, 1.165) is 43.8 Å². The summed E-state index contributed by atoms with van der Waals surface area (Å²) in [6.07, 6.45) is 2.31. The van der Waals surface area contributed by atoms with E-state index in [1.165, 1.54) is 5.56 Å².